The van der Waals surface area contributed by atoms with Crippen molar-refractivity contribution in [2.24, 2.45) is 0 Å². The van der Waals surface area contributed by atoms with E-state index in [1.54, 1.807) is 0 Å². The number of nitrogens with zero attached hydrogens (tertiary/aromatic N) is 2. The number of carbonyl (C=O) groups excluding carboxylic acids is 1. The zero-order valence-electron chi connectivity index (χ0n) is 16.7. The smallest absolute Gasteiger partial charge is 0.225 e. The molecule has 0 atom stereocenters. The van der Waals surface area contributed by atoms with Gasteiger partial charge in [-0.15, -0.1) is 0 Å². The van der Waals surface area contributed by atoms with Gasteiger partial charge in [-0.05, 0) is 31.9 Å². The lowest BCUT2D eigenvalue weighted by Crippen LogP contribution is -2.43. The summed E-state index contributed by atoms with van der Waals surface area (Å²) in [5.74, 6) is -0.176. The van der Waals surface area contributed by atoms with E-state index in [9.17, 15) is 13.2 Å². The molecular weight excluding hydrogens is 366 g/mol. The summed E-state index contributed by atoms with van der Waals surface area (Å²) in [6.45, 7) is 10.1. The maximum Gasteiger partial charge on any atom is 0.225 e. The summed E-state index contributed by atoms with van der Waals surface area (Å²) in [6.07, 6.45) is 1.32. The molecule has 152 valence electrons. The molecule has 0 unspecified atom stereocenters. The van der Waals surface area contributed by atoms with Gasteiger partial charge in [-0.3, -0.25) is 9.69 Å². The molecule has 0 saturated carbocycles. The van der Waals surface area contributed by atoms with E-state index in [-0.39, 0.29) is 18.9 Å². The topological polar surface area (TPSA) is 79.0 Å². The first-order chi connectivity index (χ1) is 12.7. The first-order valence-corrected chi connectivity index (χ1v) is 11.1. The Morgan fingerprint density at radius 2 is 1.74 bits per heavy atom. The van der Waals surface area contributed by atoms with Crippen molar-refractivity contribution in [1.29, 1.82) is 0 Å². The summed E-state index contributed by atoms with van der Waals surface area (Å²) in [4.78, 5) is 14.6. The van der Waals surface area contributed by atoms with Crippen molar-refractivity contribution in [3.05, 3.63) is 28.8 Å². The van der Waals surface area contributed by atoms with E-state index in [0.717, 1.165) is 35.5 Å². The molecule has 0 aromatic heterocycles. The van der Waals surface area contributed by atoms with Crippen LogP contribution in [0, 0.1) is 20.8 Å². The van der Waals surface area contributed by atoms with Gasteiger partial charge in [-0.2, -0.15) is 0 Å². The van der Waals surface area contributed by atoms with Gasteiger partial charge in [0, 0.05) is 44.8 Å². The van der Waals surface area contributed by atoms with Crippen molar-refractivity contribution >= 4 is 21.6 Å². The summed E-state index contributed by atoms with van der Waals surface area (Å²) in [6, 6.07) is 4.04. The van der Waals surface area contributed by atoms with Gasteiger partial charge in [0.2, 0.25) is 15.9 Å². The fourth-order valence-electron chi connectivity index (χ4n) is 3.33. The SMILES string of the molecule is Cc1cc(C)c(NC(=O)CCN(CCN2CCOCC2)S(C)(=O)=O)c(C)c1. The van der Waals surface area contributed by atoms with Crippen LogP contribution in [0.3, 0.4) is 0 Å². The Morgan fingerprint density at radius 3 is 2.30 bits per heavy atom. The highest BCUT2D eigenvalue weighted by atomic mass is 32.2. The summed E-state index contributed by atoms with van der Waals surface area (Å²) >= 11 is 0. The van der Waals surface area contributed by atoms with E-state index in [2.05, 4.69) is 10.2 Å². The second-order valence-corrected chi connectivity index (χ2v) is 9.17. The van der Waals surface area contributed by atoms with Crippen molar-refractivity contribution in [1.82, 2.24) is 9.21 Å². The van der Waals surface area contributed by atoms with Crippen LogP contribution in [0.1, 0.15) is 23.1 Å². The molecular formula is C19H31N3O4S. The summed E-state index contributed by atoms with van der Waals surface area (Å²) in [7, 11) is -3.36. The van der Waals surface area contributed by atoms with Gasteiger partial charge in [-0.25, -0.2) is 12.7 Å². The minimum absolute atomic E-state index is 0.128. The molecule has 0 radical (unpaired) electrons. The number of anilines is 1. The van der Waals surface area contributed by atoms with E-state index in [4.69, 9.17) is 4.74 Å². The fraction of sp³-hybridized carbons (Fsp3) is 0.632. The quantitative estimate of drug-likeness (QED) is 0.720. The third-order valence-corrected chi connectivity index (χ3v) is 6.07. The summed E-state index contributed by atoms with van der Waals surface area (Å²) < 4.78 is 30.8. The Hall–Kier alpha value is -1.48. The number of ether oxygens (including phenoxy) is 1. The van der Waals surface area contributed by atoms with Gasteiger partial charge < -0.3 is 10.1 Å². The van der Waals surface area contributed by atoms with Crippen LogP contribution >= 0.6 is 0 Å². The molecule has 1 aromatic carbocycles. The lowest BCUT2D eigenvalue weighted by Gasteiger charge is -2.29. The van der Waals surface area contributed by atoms with E-state index in [1.807, 2.05) is 32.9 Å². The number of benzene rings is 1. The van der Waals surface area contributed by atoms with Crippen LogP contribution in [0.4, 0.5) is 5.69 Å². The second-order valence-electron chi connectivity index (χ2n) is 7.19. The highest BCUT2D eigenvalue weighted by Gasteiger charge is 2.20. The first kappa shape index (κ1) is 21.8. The van der Waals surface area contributed by atoms with Crippen molar-refractivity contribution in [3.63, 3.8) is 0 Å². The van der Waals surface area contributed by atoms with Crippen LogP contribution in [0.15, 0.2) is 12.1 Å². The van der Waals surface area contributed by atoms with E-state index < -0.39 is 10.0 Å². The number of aryl methyl sites for hydroxylation is 3. The molecule has 8 heteroatoms. The highest BCUT2D eigenvalue weighted by molar-refractivity contribution is 7.88. The minimum Gasteiger partial charge on any atom is -0.379 e. The normalized spacial score (nSPS) is 15.9. The number of morpholine rings is 1. The fourth-order valence-corrected chi connectivity index (χ4v) is 4.16. The predicted octanol–water partition coefficient (Wildman–Crippen LogP) is 1.53. The van der Waals surface area contributed by atoms with Crippen molar-refractivity contribution in [3.8, 4) is 0 Å². The number of hydrogen-bond acceptors (Lipinski definition) is 5. The zero-order chi connectivity index (χ0) is 20.0. The van der Waals surface area contributed by atoms with Gasteiger partial charge in [0.05, 0.1) is 19.5 Å². The molecule has 1 saturated heterocycles. The van der Waals surface area contributed by atoms with Gasteiger partial charge >= 0.3 is 0 Å². The lowest BCUT2D eigenvalue weighted by atomic mass is 10.1. The molecule has 0 spiro atoms. The second kappa shape index (κ2) is 9.64. The van der Waals surface area contributed by atoms with Crippen LogP contribution in [0.2, 0.25) is 0 Å². The number of amides is 1. The van der Waals surface area contributed by atoms with E-state index >= 15 is 0 Å². The van der Waals surface area contributed by atoms with Gasteiger partial charge in [0.25, 0.3) is 0 Å². The molecule has 1 aliphatic rings. The number of hydrogen-bond donors (Lipinski definition) is 1. The molecule has 2 rings (SSSR count). The molecule has 1 N–H and O–H groups in total. The van der Waals surface area contributed by atoms with Crippen molar-refractivity contribution in [2.75, 3.05) is 57.5 Å². The number of rotatable bonds is 8. The molecule has 1 aromatic rings. The average Bonchev–Trinajstić information content (AvgIpc) is 2.57. The van der Waals surface area contributed by atoms with Crippen molar-refractivity contribution < 1.29 is 17.9 Å². The summed E-state index contributed by atoms with van der Waals surface area (Å²) in [5, 5.41) is 2.93. The number of nitrogens with one attached hydrogen (secondary N) is 1. The molecule has 1 heterocycles. The molecule has 0 bridgehead atoms. The maximum absolute atomic E-state index is 12.4. The monoisotopic (exact) mass is 397 g/mol. The predicted molar refractivity (Wildman–Crippen MR) is 108 cm³/mol. The third-order valence-electron chi connectivity index (χ3n) is 4.77. The van der Waals surface area contributed by atoms with Crippen LogP contribution < -0.4 is 5.32 Å². The van der Waals surface area contributed by atoms with Crippen molar-refractivity contribution in [2.45, 2.75) is 27.2 Å². The van der Waals surface area contributed by atoms with Crippen LogP contribution in [-0.4, -0.2) is 75.7 Å². The summed E-state index contributed by atoms with van der Waals surface area (Å²) in [5.41, 5.74) is 3.97. The van der Waals surface area contributed by atoms with Gasteiger partial charge in [0.15, 0.2) is 0 Å². The standard InChI is InChI=1S/C19H31N3O4S/c1-15-13-16(2)19(17(3)14-15)20-18(23)5-6-22(27(4,24)25)8-7-21-9-11-26-12-10-21/h13-14H,5-12H2,1-4H3,(H,20,23). The number of sulfonamides is 1. The highest BCUT2D eigenvalue weighted by Crippen LogP contribution is 2.22. The minimum atomic E-state index is -3.36. The van der Waals surface area contributed by atoms with E-state index in [1.165, 1.54) is 10.6 Å². The molecule has 0 aliphatic carbocycles. The zero-order valence-corrected chi connectivity index (χ0v) is 17.6. The Kier molecular flexibility index (Phi) is 7.79. The molecule has 27 heavy (non-hydrogen) atoms. The van der Waals surface area contributed by atoms with Gasteiger partial charge in [-0.1, -0.05) is 17.7 Å². The van der Waals surface area contributed by atoms with Crippen LogP contribution in [0.5, 0.6) is 0 Å². The van der Waals surface area contributed by atoms with E-state index in [0.29, 0.717) is 26.3 Å². The Morgan fingerprint density at radius 1 is 1.15 bits per heavy atom. The average molecular weight is 398 g/mol. The lowest BCUT2D eigenvalue weighted by molar-refractivity contribution is -0.116. The molecule has 1 aliphatic heterocycles. The third kappa shape index (κ3) is 6.88. The first-order valence-electron chi connectivity index (χ1n) is 9.30. The maximum atomic E-state index is 12.4. The Bertz CT molecular complexity index is 735. The molecule has 1 fully saturated rings. The Labute approximate surface area is 162 Å². The molecule has 7 nitrogen and oxygen atoms in total. The largest absolute Gasteiger partial charge is 0.379 e. The van der Waals surface area contributed by atoms with Crippen LogP contribution in [-0.2, 0) is 19.6 Å². The van der Waals surface area contributed by atoms with Crippen LogP contribution in [0.25, 0.3) is 0 Å². The number of carbonyl (C=O) groups is 1. The van der Waals surface area contributed by atoms with Gasteiger partial charge in [0.1, 0.15) is 0 Å². The Balaban J connectivity index is 1.91. The molecule has 1 amide bonds.